The number of rotatable bonds is 3. The summed E-state index contributed by atoms with van der Waals surface area (Å²) in [4.78, 5) is 16.9. The quantitative estimate of drug-likeness (QED) is 0.737. The van der Waals surface area contributed by atoms with Crippen LogP contribution in [0.4, 0.5) is 0 Å². The number of halogens is 3. The van der Waals surface area contributed by atoms with Gasteiger partial charge in [0.05, 0.1) is 10.3 Å². The number of aromatic amines is 2. The zero-order chi connectivity index (χ0) is 11.7. The molecule has 0 unspecified atom stereocenters. The van der Waals surface area contributed by atoms with E-state index in [1.807, 2.05) is 6.07 Å². The minimum atomic E-state index is 0.573. The topological polar surface area (TPSA) is 48.6 Å². The van der Waals surface area contributed by atoms with Crippen LogP contribution < -0.4 is 0 Å². The number of aldehydes is 1. The third kappa shape index (κ3) is 2.49. The van der Waals surface area contributed by atoms with E-state index >= 15 is 0 Å². The first-order valence-corrected chi connectivity index (χ1v) is 6.83. The highest BCUT2D eigenvalue weighted by Gasteiger charge is 2.10. The van der Waals surface area contributed by atoms with E-state index < -0.39 is 0 Å². The Balaban J connectivity index is 2.29. The third-order valence-electron chi connectivity index (χ3n) is 2.16. The van der Waals surface area contributed by atoms with Gasteiger partial charge in [-0.15, -0.1) is 0 Å². The highest BCUT2D eigenvalue weighted by Crippen LogP contribution is 2.26. The van der Waals surface area contributed by atoms with E-state index in [9.17, 15) is 4.79 Å². The molecule has 0 radical (unpaired) electrons. The summed E-state index contributed by atoms with van der Waals surface area (Å²) in [6.07, 6.45) is 1.49. The standard InChI is InChI=1S/C10H7Br3N2O/c11-6-1-5(4-16)14-8(6)3-9-7(12)2-10(13)15-9/h1-2,4,14-15H,3H2. The normalized spacial score (nSPS) is 10.7. The first kappa shape index (κ1) is 12.1. The van der Waals surface area contributed by atoms with Gasteiger partial charge in [0.15, 0.2) is 6.29 Å². The molecular weight excluding hydrogens is 404 g/mol. The van der Waals surface area contributed by atoms with Crippen molar-refractivity contribution < 1.29 is 4.79 Å². The van der Waals surface area contributed by atoms with Gasteiger partial charge in [-0.1, -0.05) is 0 Å². The lowest BCUT2D eigenvalue weighted by atomic mass is 10.2. The summed E-state index contributed by atoms with van der Waals surface area (Å²) in [6.45, 7) is 0. The van der Waals surface area contributed by atoms with Gasteiger partial charge < -0.3 is 9.97 Å². The molecule has 0 saturated heterocycles. The van der Waals surface area contributed by atoms with Gasteiger partial charge in [-0.2, -0.15) is 0 Å². The molecule has 0 bridgehead atoms. The van der Waals surface area contributed by atoms with E-state index in [0.717, 1.165) is 31.2 Å². The third-order valence-corrected chi connectivity index (χ3v) is 4.00. The van der Waals surface area contributed by atoms with Crippen LogP contribution in [0.2, 0.25) is 0 Å². The van der Waals surface area contributed by atoms with Crippen molar-refractivity contribution in [2.75, 3.05) is 0 Å². The van der Waals surface area contributed by atoms with Crippen molar-refractivity contribution in [2.45, 2.75) is 6.42 Å². The summed E-state index contributed by atoms with van der Waals surface area (Å²) in [5, 5.41) is 0. The molecule has 0 aliphatic rings. The van der Waals surface area contributed by atoms with Crippen molar-refractivity contribution in [1.29, 1.82) is 0 Å². The van der Waals surface area contributed by atoms with Gasteiger partial charge in [0.1, 0.15) is 0 Å². The largest absolute Gasteiger partial charge is 0.355 e. The average molecular weight is 411 g/mol. The molecule has 2 heterocycles. The van der Waals surface area contributed by atoms with Crippen LogP contribution in [0, 0.1) is 0 Å². The van der Waals surface area contributed by atoms with Gasteiger partial charge in [-0.05, 0) is 59.9 Å². The Morgan fingerprint density at radius 1 is 1.06 bits per heavy atom. The van der Waals surface area contributed by atoms with Gasteiger partial charge in [0.25, 0.3) is 0 Å². The van der Waals surface area contributed by atoms with Gasteiger partial charge in [-0.3, -0.25) is 4.79 Å². The molecule has 16 heavy (non-hydrogen) atoms. The lowest BCUT2D eigenvalue weighted by Crippen LogP contribution is -1.91. The first-order chi connectivity index (χ1) is 7.60. The molecule has 0 amide bonds. The van der Waals surface area contributed by atoms with E-state index in [2.05, 4.69) is 57.8 Å². The van der Waals surface area contributed by atoms with Crippen LogP contribution in [0.3, 0.4) is 0 Å². The highest BCUT2D eigenvalue weighted by molar-refractivity contribution is 9.11. The molecule has 2 aromatic rings. The van der Waals surface area contributed by atoms with E-state index in [1.165, 1.54) is 0 Å². The summed E-state index contributed by atoms with van der Waals surface area (Å²) in [5.74, 6) is 0. The molecule has 0 aliphatic carbocycles. The van der Waals surface area contributed by atoms with E-state index in [-0.39, 0.29) is 0 Å². The van der Waals surface area contributed by atoms with Crippen molar-refractivity contribution in [3.63, 3.8) is 0 Å². The van der Waals surface area contributed by atoms with Gasteiger partial charge in [0.2, 0.25) is 0 Å². The van der Waals surface area contributed by atoms with Crippen molar-refractivity contribution in [3.05, 3.63) is 42.8 Å². The second-order valence-electron chi connectivity index (χ2n) is 3.29. The lowest BCUT2D eigenvalue weighted by molar-refractivity contribution is 0.111. The maximum atomic E-state index is 10.6. The summed E-state index contributed by atoms with van der Waals surface area (Å²) in [7, 11) is 0. The fraction of sp³-hybridized carbons (Fsp3) is 0.100. The molecule has 0 atom stereocenters. The number of carbonyl (C=O) groups excluding carboxylic acids is 1. The second-order valence-corrected chi connectivity index (χ2v) is 5.85. The second kappa shape index (κ2) is 4.89. The Morgan fingerprint density at radius 2 is 1.69 bits per heavy atom. The number of hydrogen-bond acceptors (Lipinski definition) is 1. The molecule has 0 aliphatic heterocycles. The van der Waals surface area contributed by atoms with Crippen LogP contribution in [-0.4, -0.2) is 16.3 Å². The Morgan fingerprint density at radius 3 is 2.19 bits per heavy atom. The Bertz CT molecular complexity index is 530. The number of H-pyrrole nitrogens is 2. The van der Waals surface area contributed by atoms with Crippen LogP contribution >= 0.6 is 47.8 Å². The number of carbonyl (C=O) groups is 1. The van der Waals surface area contributed by atoms with Crippen molar-refractivity contribution >= 4 is 54.1 Å². The molecule has 0 spiro atoms. The number of nitrogens with one attached hydrogen (secondary N) is 2. The molecule has 2 aromatic heterocycles. The number of hydrogen-bond donors (Lipinski definition) is 2. The van der Waals surface area contributed by atoms with Crippen LogP contribution in [0.15, 0.2) is 25.7 Å². The Hall–Kier alpha value is -0.330. The highest BCUT2D eigenvalue weighted by atomic mass is 79.9. The summed E-state index contributed by atoms with van der Waals surface area (Å²) >= 11 is 10.2. The SMILES string of the molecule is O=Cc1cc(Br)c(Cc2[nH]c(Br)cc2Br)[nH]1. The molecule has 2 rings (SSSR count). The van der Waals surface area contributed by atoms with Crippen LogP contribution in [-0.2, 0) is 6.42 Å². The zero-order valence-electron chi connectivity index (χ0n) is 7.98. The van der Waals surface area contributed by atoms with Gasteiger partial charge in [-0.25, -0.2) is 0 Å². The first-order valence-electron chi connectivity index (χ1n) is 4.45. The fourth-order valence-electron chi connectivity index (χ4n) is 1.43. The molecule has 3 nitrogen and oxygen atoms in total. The van der Waals surface area contributed by atoms with E-state index in [0.29, 0.717) is 12.1 Å². The number of aromatic nitrogens is 2. The Kier molecular flexibility index (Phi) is 3.71. The molecule has 6 heteroatoms. The molecule has 0 fully saturated rings. The molecule has 0 aromatic carbocycles. The maximum absolute atomic E-state index is 10.6. The van der Waals surface area contributed by atoms with Crippen molar-refractivity contribution in [2.24, 2.45) is 0 Å². The smallest absolute Gasteiger partial charge is 0.166 e. The van der Waals surface area contributed by atoms with Crippen LogP contribution in [0.25, 0.3) is 0 Å². The van der Waals surface area contributed by atoms with Crippen LogP contribution in [0.5, 0.6) is 0 Å². The van der Waals surface area contributed by atoms with Crippen molar-refractivity contribution in [3.8, 4) is 0 Å². The lowest BCUT2D eigenvalue weighted by Gasteiger charge is -1.98. The van der Waals surface area contributed by atoms with Crippen LogP contribution in [0.1, 0.15) is 21.9 Å². The van der Waals surface area contributed by atoms with Crippen molar-refractivity contribution in [1.82, 2.24) is 9.97 Å². The minimum Gasteiger partial charge on any atom is -0.355 e. The molecule has 2 N–H and O–H groups in total. The fourth-order valence-corrected chi connectivity index (χ4v) is 3.16. The van der Waals surface area contributed by atoms with E-state index in [4.69, 9.17) is 0 Å². The predicted octanol–water partition coefficient (Wildman–Crippen LogP) is 4.03. The Labute approximate surface area is 117 Å². The van der Waals surface area contributed by atoms with Gasteiger partial charge >= 0.3 is 0 Å². The predicted molar refractivity (Wildman–Crippen MR) is 72.9 cm³/mol. The molecular formula is C10H7Br3N2O. The zero-order valence-corrected chi connectivity index (χ0v) is 12.7. The summed E-state index contributed by atoms with van der Waals surface area (Å²) in [5.41, 5.74) is 2.59. The monoisotopic (exact) mass is 408 g/mol. The van der Waals surface area contributed by atoms with E-state index in [1.54, 1.807) is 6.07 Å². The minimum absolute atomic E-state index is 0.573. The van der Waals surface area contributed by atoms with Gasteiger partial charge in [0, 0.05) is 26.8 Å². The maximum Gasteiger partial charge on any atom is 0.166 e. The summed E-state index contributed by atoms with van der Waals surface area (Å²) in [6, 6.07) is 3.72. The molecule has 0 saturated carbocycles. The average Bonchev–Trinajstić information content (AvgIpc) is 2.72. The summed E-state index contributed by atoms with van der Waals surface area (Å²) < 4.78 is 2.84. The molecule has 84 valence electrons.